The van der Waals surface area contributed by atoms with Gasteiger partial charge in [0.1, 0.15) is 24.3 Å². The van der Waals surface area contributed by atoms with Gasteiger partial charge >= 0.3 is 0 Å². The molecule has 7 nitrogen and oxygen atoms in total. The molecule has 0 saturated heterocycles. The smallest absolute Gasteiger partial charge is 0.269 e. The van der Waals surface area contributed by atoms with Crippen LogP contribution in [0.15, 0.2) is 42.5 Å². The van der Waals surface area contributed by atoms with Gasteiger partial charge in [-0.1, -0.05) is 0 Å². The molecule has 2 aromatic carbocycles. The number of nitrogens with one attached hydrogen (secondary N) is 1. The van der Waals surface area contributed by atoms with Crippen molar-refractivity contribution in [1.82, 2.24) is 5.32 Å². The summed E-state index contributed by atoms with van der Waals surface area (Å²) in [6.45, 7) is 1.40. The molecular weight excluding hydrogens is 331 g/mol. The van der Waals surface area contributed by atoms with Gasteiger partial charge in [-0.25, -0.2) is 4.39 Å². The minimum absolute atomic E-state index is 0.0533. The number of benzene rings is 2. The lowest BCUT2D eigenvalue weighted by molar-refractivity contribution is -0.384. The molecule has 0 saturated carbocycles. The van der Waals surface area contributed by atoms with Gasteiger partial charge in [-0.3, -0.25) is 14.9 Å². The Morgan fingerprint density at radius 1 is 1.32 bits per heavy atom. The van der Waals surface area contributed by atoms with Crippen molar-refractivity contribution in [2.75, 3.05) is 13.2 Å². The maximum absolute atomic E-state index is 13.2. The van der Waals surface area contributed by atoms with Crippen molar-refractivity contribution in [3.8, 4) is 5.75 Å². The molecule has 0 fully saturated rings. The van der Waals surface area contributed by atoms with Gasteiger partial charge in [0.05, 0.1) is 4.92 Å². The van der Waals surface area contributed by atoms with Crippen LogP contribution < -0.4 is 10.1 Å². The van der Waals surface area contributed by atoms with Crippen molar-refractivity contribution in [2.24, 2.45) is 0 Å². The lowest BCUT2D eigenvalue weighted by Gasteiger charge is -2.13. The van der Waals surface area contributed by atoms with Crippen LogP contribution in [0.5, 0.6) is 5.75 Å². The van der Waals surface area contributed by atoms with Gasteiger partial charge in [0.2, 0.25) is 0 Å². The molecule has 0 spiro atoms. The van der Waals surface area contributed by atoms with E-state index in [2.05, 4.69) is 5.32 Å². The highest BCUT2D eigenvalue weighted by atomic mass is 19.1. The Kier molecular flexibility index (Phi) is 6.02. The summed E-state index contributed by atoms with van der Waals surface area (Å²) in [4.78, 5) is 22.0. The number of halogens is 1. The Hall–Kier alpha value is -3.00. The largest absolute Gasteiger partial charge is 0.491 e. The molecule has 0 unspecified atom stereocenters. The van der Waals surface area contributed by atoms with Crippen molar-refractivity contribution >= 4 is 11.6 Å². The number of aliphatic hydroxyl groups excluding tert-OH is 1. The topological polar surface area (TPSA) is 102 Å². The number of ether oxygens (including phenoxy) is 1. The van der Waals surface area contributed by atoms with Crippen LogP contribution >= 0.6 is 0 Å². The van der Waals surface area contributed by atoms with Gasteiger partial charge in [-0.05, 0) is 42.8 Å². The third kappa shape index (κ3) is 5.25. The van der Waals surface area contributed by atoms with Crippen molar-refractivity contribution < 1.29 is 24.0 Å². The summed E-state index contributed by atoms with van der Waals surface area (Å²) in [5, 5.41) is 22.9. The maximum atomic E-state index is 13.2. The predicted molar refractivity (Wildman–Crippen MR) is 88.1 cm³/mol. The first-order chi connectivity index (χ1) is 11.9. The van der Waals surface area contributed by atoms with E-state index < -0.39 is 22.8 Å². The highest BCUT2D eigenvalue weighted by molar-refractivity contribution is 5.94. The number of nitro groups is 1. The molecule has 1 atom stereocenters. The van der Waals surface area contributed by atoms with Crippen LogP contribution in [0.4, 0.5) is 10.1 Å². The van der Waals surface area contributed by atoms with Crippen LogP contribution in [0.1, 0.15) is 15.9 Å². The molecule has 25 heavy (non-hydrogen) atoms. The predicted octanol–water partition coefficient (Wildman–Crippen LogP) is 2.21. The van der Waals surface area contributed by atoms with Gasteiger partial charge in [0, 0.05) is 24.2 Å². The molecule has 0 heterocycles. The first-order valence-electron chi connectivity index (χ1n) is 7.46. The summed E-state index contributed by atoms with van der Waals surface area (Å²) in [6.07, 6.45) is -0.972. The second-order valence-corrected chi connectivity index (χ2v) is 5.39. The van der Waals surface area contributed by atoms with E-state index in [-0.39, 0.29) is 18.8 Å². The molecule has 2 rings (SSSR count). The molecule has 0 bridgehead atoms. The number of aryl methyl sites for hydroxylation is 1. The minimum atomic E-state index is -0.972. The summed E-state index contributed by atoms with van der Waals surface area (Å²) in [5.74, 6) is -0.462. The summed E-state index contributed by atoms with van der Waals surface area (Å²) < 4.78 is 18.5. The molecule has 0 aliphatic heterocycles. The Balaban J connectivity index is 1.79. The fraction of sp³-hybridized carbons (Fsp3) is 0.235. The maximum Gasteiger partial charge on any atom is 0.269 e. The van der Waals surface area contributed by atoms with Gasteiger partial charge in [0.25, 0.3) is 11.6 Å². The summed E-state index contributed by atoms with van der Waals surface area (Å²) >= 11 is 0. The van der Waals surface area contributed by atoms with Crippen molar-refractivity contribution in [2.45, 2.75) is 13.0 Å². The van der Waals surface area contributed by atoms with Gasteiger partial charge in [0.15, 0.2) is 0 Å². The van der Waals surface area contributed by atoms with Crippen molar-refractivity contribution in [3.05, 3.63) is 69.5 Å². The van der Waals surface area contributed by atoms with E-state index in [1.165, 1.54) is 42.5 Å². The summed E-state index contributed by atoms with van der Waals surface area (Å²) in [6, 6.07) is 9.41. The molecule has 0 radical (unpaired) electrons. The molecular formula is C17H17FN2O5. The SMILES string of the molecule is Cc1cc(C(=O)NC[C@@H](O)COc2ccc([N+](=O)[O-])cc2)ccc1F. The molecule has 132 valence electrons. The monoisotopic (exact) mass is 348 g/mol. The molecule has 2 aromatic rings. The molecule has 0 aromatic heterocycles. The second-order valence-electron chi connectivity index (χ2n) is 5.39. The number of aliphatic hydroxyl groups is 1. The number of carbonyl (C=O) groups excluding carboxylic acids is 1. The second kappa shape index (κ2) is 8.20. The lowest BCUT2D eigenvalue weighted by Crippen LogP contribution is -2.35. The van der Waals surface area contributed by atoms with Gasteiger partial charge in [-0.2, -0.15) is 0 Å². The first kappa shape index (κ1) is 18.3. The van der Waals surface area contributed by atoms with E-state index in [0.717, 1.165) is 0 Å². The number of rotatable bonds is 7. The third-order valence-electron chi connectivity index (χ3n) is 3.41. The Morgan fingerprint density at radius 3 is 2.60 bits per heavy atom. The van der Waals surface area contributed by atoms with Crippen molar-refractivity contribution in [3.63, 3.8) is 0 Å². The van der Waals surface area contributed by atoms with E-state index in [1.807, 2.05) is 0 Å². The molecule has 0 aliphatic rings. The Bertz CT molecular complexity index is 764. The average Bonchev–Trinajstić information content (AvgIpc) is 2.60. The minimum Gasteiger partial charge on any atom is -0.491 e. The number of amides is 1. The molecule has 0 aliphatic carbocycles. The first-order valence-corrected chi connectivity index (χ1v) is 7.46. The van der Waals surface area contributed by atoms with Crippen LogP contribution in [-0.4, -0.2) is 35.2 Å². The number of hydrogen-bond acceptors (Lipinski definition) is 5. The summed E-state index contributed by atoms with van der Waals surface area (Å²) in [7, 11) is 0. The number of non-ortho nitro benzene ring substituents is 1. The van der Waals surface area contributed by atoms with E-state index in [1.54, 1.807) is 6.92 Å². The van der Waals surface area contributed by atoms with Gasteiger partial charge in [-0.15, -0.1) is 0 Å². The quantitative estimate of drug-likeness (QED) is 0.590. The number of nitro benzene ring substituents is 1. The summed E-state index contributed by atoms with van der Waals surface area (Å²) in [5.41, 5.74) is 0.590. The number of nitrogens with zero attached hydrogens (tertiary/aromatic N) is 1. The zero-order valence-corrected chi connectivity index (χ0v) is 13.4. The highest BCUT2D eigenvalue weighted by Gasteiger charge is 2.11. The zero-order chi connectivity index (χ0) is 18.4. The normalized spacial score (nSPS) is 11.6. The standard InChI is InChI=1S/C17H17FN2O5/c1-11-8-12(2-7-16(11)18)17(22)19-9-14(21)10-25-15-5-3-13(4-6-15)20(23)24/h2-8,14,21H,9-10H2,1H3,(H,19,22)/t14-/m1/s1. The van der Waals surface area contributed by atoms with Crippen molar-refractivity contribution in [1.29, 1.82) is 0 Å². The van der Waals surface area contributed by atoms with Crippen LogP contribution in [-0.2, 0) is 0 Å². The van der Waals surface area contributed by atoms with E-state index in [4.69, 9.17) is 4.74 Å². The molecule has 1 amide bonds. The lowest BCUT2D eigenvalue weighted by atomic mass is 10.1. The zero-order valence-electron chi connectivity index (χ0n) is 13.4. The Morgan fingerprint density at radius 2 is 2.00 bits per heavy atom. The number of carbonyl (C=O) groups is 1. The van der Waals surface area contributed by atoms with Crippen LogP contribution in [0, 0.1) is 22.9 Å². The molecule has 8 heteroatoms. The third-order valence-corrected chi connectivity index (χ3v) is 3.41. The highest BCUT2D eigenvalue weighted by Crippen LogP contribution is 2.17. The number of hydrogen-bond donors (Lipinski definition) is 2. The van der Waals surface area contributed by atoms with Crippen LogP contribution in [0.25, 0.3) is 0 Å². The Labute approximate surface area is 143 Å². The van der Waals surface area contributed by atoms with Gasteiger partial charge < -0.3 is 15.2 Å². The fourth-order valence-corrected chi connectivity index (χ4v) is 2.01. The fourth-order valence-electron chi connectivity index (χ4n) is 2.01. The van der Waals surface area contributed by atoms with Crippen LogP contribution in [0.2, 0.25) is 0 Å². The average molecular weight is 348 g/mol. The van der Waals surface area contributed by atoms with E-state index >= 15 is 0 Å². The van der Waals surface area contributed by atoms with E-state index in [9.17, 15) is 24.4 Å². The molecule has 2 N–H and O–H groups in total. The van der Waals surface area contributed by atoms with Crippen LogP contribution in [0.3, 0.4) is 0 Å². The van der Waals surface area contributed by atoms with E-state index in [0.29, 0.717) is 16.9 Å².